The molecule has 33 heavy (non-hydrogen) atoms. The molecule has 4 rings (SSSR count). The molecule has 2 aromatic heterocycles. The second kappa shape index (κ2) is 11.4. The van der Waals surface area contributed by atoms with Crippen molar-refractivity contribution in [1.82, 2.24) is 25.6 Å². The minimum Gasteiger partial charge on any atom is -0.365 e. The molecular formula is C24H30FN5O3. The Morgan fingerprint density at radius 2 is 2.09 bits per heavy atom. The molecule has 2 atom stereocenters. The van der Waals surface area contributed by atoms with Crippen LogP contribution in [0.2, 0.25) is 0 Å². The number of halogens is 1. The molecular weight excluding hydrogens is 425 g/mol. The fourth-order valence-electron chi connectivity index (χ4n) is 3.83. The summed E-state index contributed by atoms with van der Waals surface area (Å²) in [6.45, 7) is 6.33. The van der Waals surface area contributed by atoms with E-state index in [2.05, 4.69) is 25.2 Å². The Morgan fingerprint density at radius 1 is 1.27 bits per heavy atom. The average Bonchev–Trinajstić information content (AvgIpc) is 3.57. The maximum absolute atomic E-state index is 14.6. The standard InChI is InChI=1S/C21H27FN4O2.C3H3NO/c1-13(2)11-20(27)26-10-4-5-19(26)21(28)24-14(3)16-7-6-15(12-17(16)22)18-8-9-23-25-18;1-2-4-5-3-1/h6-9,12-14,19H,4-5,10-11H2,1-3H3,(H,23,25)(H,24,28);1-3H. The van der Waals surface area contributed by atoms with Crippen LogP contribution in [-0.4, -0.2) is 44.7 Å². The van der Waals surface area contributed by atoms with Gasteiger partial charge in [0, 0.05) is 30.3 Å². The summed E-state index contributed by atoms with van der Waals surface area (Å²) in [6, 6.07) is 7.42. The largest absolute Gasteiger partial charge is 0.365 e. The lowest BCUT2D eigenvalue weighted by atomic mass is 10.0. The molecule has 1 aliphatic heterocycles. The molecule has 3 aromatic rings. The first kappa shape index (κ1) is 24.2. The molecule has 0 radical (unpaired) electrons. The van der Waals surface area contributed by atoms with Crippen LogP contribution >= 0.6 is 0 Å². The van der Waals surface area contributed by atoms with Crippen molar-refractivity contribution in [2.45, 2.75) is 52.1 Å². The zero-order valence-corrected chi connectivity index (χ0v) is 19.1. The third-order valence-electron chi connectivity index (χ3n) is 5.44. The predicted molar refractivity (Wildman–Crippen MR) is 121 cm³/mol. The number of H-pyrrole nitrogens is 1. The first-order valence-electron chi connectivity index (χ1n) is 11.1. The summed E-state index contributed by atoms with van der Waals surface area (Å²) < 4.78 is 19.0. The van der Waals surface area contributed by atoms with Gasteiger partial charge in [0.05, 0.1) is 17.9 Å². The number of amides is 2. The Morgan fingerprint density at radius 3 is 2.67 bits per heavy atom. The highest BCUT2D eigenvalue weighted by Crippen LogP contribution is 2.25. The van der Waals surface area contributed by atoms with Crippen LogP contribution in [-0.2, 0) is 9.59 Å². The van der Waals surface area contributed by atoms with Gasteiger partial charge in [0.1, 0.15) is 18.1 Å². The molecule has 0 bridgehead atoms. The molecule has 2 amide bonds. The van der Waals surface area contributed by atoms with Crippen LogP contribution in [0.1, 0.15) is 51.6 Å². The molecule has 2 N–H and O–H groups in total. The van der Waals surface area contributed by atoms with Crippen LogP contribution in [0.3, 0.4) is 0 Å². The van der Waals surface area contributed by atoms with Gasteiger partial charge in [0.25, 0.3) is 0 Å². The second-order valence-corrected chi connectivity index (χ2v) is 8.47. The lowest BCUT2D eigenvalue weighted by Crippen LogP contribution is -2.46. The highest BCUT2D eigenvalue weighted by molar-refractivity contribution is 5.88. The number of carbonyl (C=O) groups excluding carboxylic acids is 2. The van der Waals surface area contributed by atoms with E-state index in [0.29, 0.717) is 30.5 Å². The van der Waals surface area contributed by atoms with Crippen molar-refractivity contribution >= 4 is 11.8 Å². The highest BCUT2D eigenvalue weighted by Gasteiger charge is 2.34. The highest BCUT2D eigenvalue weighted by atomic mass is 19.1. The Balaban J connectivity index is 0.000000541. The summed E-state index contributed by atoms with van der Waals surface area (Å²) in [6.07, 6.45) is 6.59. The maximum Gasteiger partial charge on any atom is 0.243 e. The lowest BCUT2D eigenvalue weighted by molar-refractivity contribution is -0.139. The summed E-state index contributed by atoms with van der Waals surface area (Å²) in [7, 11) is 0. The molecule has 1 saturated heterocycles. The minimum absolute atomic E-state index is 0.00962. The number of carbonyl (C=O) groups is 2. The van der Waals surface area contributed by atoms with E-state index >= 15 is 0 Å². The summed E-state index contributed by atoms with van der Waals surface area (Å²) >= 11 is 0. The molecule has 176 valence electrons. The average molecular weight is 456 g/mol. The van der Waals surface area contributed by atoms with Crippen molar-refractivity contribution in [2.75, 3.05) is 6.54 Å². The molecule has 0 saturated carbocycles. The van der Waals surface area contributed by atoms with Gasteiger partial charge in [0.15, 0.2) is 0 Å². The number of aromatic amines is 1. The molecule has 8 nitrogen and oxygen atoms in total. The zero-order chi connectivity index (χ0) is 23.8. The number of likely N-dealkylation sites (tertiary alicyclic amines) is 1. The Hall–Kier alpha value is -3.49. The van der Waals surface area contributed by atoms with E-state index in [4.69, 9.17) is 0 Å². The predicted octanol–water partition coefficient (Wildman–Crippen LogP) is 4.10. The quantitative estimate of drug-likeness (QED) is 0.582. The molecule has 3 heterocycles. The van der Waals surface area contributed by atoms with E-state index in [9.17, 15) is 14.0 Å². The number of aromatic nitrogens is 3. The molecule has 9 heteroatoms. The zero-order valence-electron chi connectivity index (χ0n) is 19.1. The van der Waals surface area contributed by atoms with Crippen LogP contribution in [0.5, 0.6) is 0 Å². The molecule has 0 aliphatic carbocycles. The molecule has 1 aliphatic rings. The molecule has 1 fully saturated rings. The molecule has 2 unspecified atom stereocenters. The summed E-state index contributed by atoms with van der Waals surface area (Å²) in [4.78, 5) is 26.8. The minimum atomic E-state index is -0.494. The monoisotopic (exact) mass is 455 g/mol. The fraction of sp³-hybridized carbons (Fsp3) is 0.417. The first-order valence-corrected chi connectivity index (χ1v) is 11.1. The number of nitrogens with one attached hydrogen (secondary N) is 2. The van der Waals surface area contributed by atoms with E-state index in [1.54, 1.807) is 48.5 Å². The normalized spacial score (nSPS) is 16.3. The smallest absolute Gasteiger partial charge is 0.243 e. The van der Waals surface area contributed by atoms with Crippen molar-refractivity contribution in [2.24, 2.45) is 5.92 Å². The maximum atomic E-state index is 14.6. The van der Waals surface area contributed by atoms with E-state index in [1.165, 1.54) is 12.3 Å². The van der Waals surface area contributed by atoms with Crippen molar-refractivity contribution in [3.8, 4) is 11.3 Å². The lowest BCUT2D eigenvalue weighted by Gasteiger charge is -2.26. The van der Waals surface area contributed by atoms with Crippen molar-refractivity contribution in [3.63, 3.8) is 0 Å². The van der Waals surface area contributed by atoms with Gasteiger partial charge in [-0.05, 0) is 43.9 Å². The van der Waals surface area contributed by atoms with Crippen LogP contribution in [0.15, 0.2) is 53.5 Å². The second-order valence-electron chi connectivity index (χ2n) is 8.47. The number of rotatable bonds is 6. The van der Waals surface area contributed by atoms with Gasteiger partial charge in [-0.3, -0.25) is 14.7 Å². The van der Waals surface area contributed by atoms with E-state index in [-0.39, 0.29) is 23.5 Å². The van der Waals surface area contributed by atoms with Gasteiger partial charge in [-0.15, -0.1) is 0 Å². The van der Waals surface area contributed by atoms with E-state index in [0.717, 1.165) is 12.1 Å². The van der Waals surface area contributed by atoms with Gasteiger partial charge in [-0.1, -0.05) is 31.1 Å². The summed E-state index contributed by atoms with van der Waals surface area (Å²) in [5, 5.41) is 12.9. The topological polar surface area (TPSA) is 104 Å². The van der Waals surface area contributed by atoms with Crippen LogP contribution in [0.25, 0.3) is 11.3 Å². The van der Waals surface area contributed by atoms with Gasteiger partial charge in [-0.2, -0.15) is 5.10 Å². The Labute approximate surface area is 192 Å². The van der Waals surface area contributed by atoms with Gasteiger partial charge in [-0.25, -0.2) is 4.39 Å². The van der Waals surface area contributed by atoms with Crippen molar-refractivity contribution < 1.29 is 18.5 Å². The number of benzene rings is 1. The van der Waals surface area contributed by atoms with Crippen LogP contribution in [0, 0.1) is 11.7 Å². The fourth-order valence-corrected chi connectivity index (χ4v) is 3.83. The van der Waals surface area contributed by atoms with Gasteiger partial charge < -0.3 is 14.7 Å². The van der Waals surface area contributed by atoms with Crippen molar-refractivity contribution in [1.29, 1.82) is 0 Å². The summed E-state index contributed by atoms with van der Waals surface area (Å²) in [5.41, 5.74) is 1.83. The van der Waals surface area contributed by atoms with Crippen LogP contribution in [0.4, 0.5) is 4.39 Å². The number of hydrogen-bond acceptors (Lipinski definition) is 5. The van der Waals surface area contributed by atoms with E-state index < -0.39 is 12.1 Å². The third kappa shape index (κ3) is 6.50. The van der Waals surface area contributed by atoms with Gasteiger partial charge in [0.2, 0.25) is 11.8 Å². The Bertz CT molecular complexity index is 1000. The summed E-state index contributed by atoms with van der Waals surface area (Å²) in [5.74, 6) is -0.355. The van der Waals surface area contributed by atoms with E-state index in [1.807, 2.05) is 13.8 Å². The number of nitrogens with zero attached hydrogens (tertiary/aromatic N) is 3. The molecule has 0 spiro atoms. The molecule has 1 aromatic carbocycles. The first-order chi connectivity index (χ1) is 15.9. The SMILES string of the molecule is CC(C)CC(=O)N1CCCC1C(=O)NC(C)c1ccc(-c2ccn[nH]2)cc1F.c1cnoc1. The van der Waals surface area contributed by atoms with Crippen LogP contribution < -0.4 is 5.32 Å². The van der Waals surface area contributed by atoms with Gasteiger partial charge >= 0.3 is 0 Å². The third-order valence-corrected chi connectivity index (χ3v) is 5.44. The Kier molecular flexibility index (Phi) is 8.34. The number of hydrogen-bond donors (Lipinski definition) is 2. The van der Waals surface area contributed by atoms with Crippen molar-refractivity contribution in [3.05, 3.63) is 60.4 Å².